The Bertz CT molecular complexity index is 899. The monoisotopic (exact) mass is 300 g/mol. The highest BCUT2D eigenvalue weighted by molar-refractivity contribution is 7.92. The lowest BCUT2D eigenvalue weighted by Crippen LogP contribution is -2.12. The van der Waals surface area contributed by atoms with Gasteiger partial charge in [0.25, 0.3) is 10.0 Å². The maximum absolute atomic E-state index is 12.2. The van der Waals surface area contributed by atoms with Crippen LogP contribution in [0, 0.1) is 0 Å². The fourth-order valence-corrected chi connectivity index (χ4v) is 3.16. The van der Waals surface area contributed by atoms with Crippen LogP contribution in [0.25, 0.3) is 10.9 Å². The molecule has 0 amide bonds. The number of sulfonamides is 1. The Morgan fingerprint density at radius 2 is 1.76 bits per heavy atom. The van der Waals surface area contributed by atoms with Crippen LogP contribution in [0.2, 0.25) is 0 Å². The highest BCUT2D eigenvalue weighted by Gasteiger charge is 2.13. The first-order chi connectivity index (χ1) is 10.1. The molecule has 0 saturated carbocycles. The quantitative estimate of drug-likeness (QED) is 0.727. The normalized spacial score (nSPS) is 11.4. The molecule has 6 heteroatoms. The molecule has 106 valence electrons. The minimum atomic E-state index is -3.61. The second-order valence-electron chi connectivity index (χ2n) is 4.56. The maximum Gasteiger partial charge on any atom is 0.261 e. The molecule has 2 aromatic carbocycles. The Morgan fingerprint density at radius 1 is 1.00 bits per heavy atom. The van der Waals surface area contributed by atoms with Gasteiger partial charge in [0.1, 0.15) is 0 Å². The molecule has 0 saturated heterocycles. The van der Waals surface area contributed by atoms with E-state index in [-0.39, 0.29) is 4.90 Å². The van der Waals surface area contributed by atoms with Gasteiger partial charge in [0.2, 0.25) is 0 Å². The molecule has 1 heterocycles. The van der Waals surface area contributed by atoms with Crippen molar-refractivity contribution >= 4 is 32.9 Å². The van der Waals surface area contributed by atoms with Crippen LogP contribution in [0.15, 0.2) is 59.5 Å². The van der Waals surface area contributed by atoms with Crippen molar-refractivity contribution in [2.75, 3.05) is 4.72 Å². The average molecular weight is 300 g/mol. The second-order valence-corrected chi connectivity index (χ2v) is 6.25. The van der Waals surface area contributed by atoms with E-state index in [1.54, 1.807) is 42.5 Å². The molecule has 0 aliphatic carbocycles. The Kier molecular flexibility index (Phi) is 3.23. The van der Waals surface area contributed by atoms with Crippen LogP contribution in [0.1, 0.15) is 10.5 Å². The van der Waals surface area contributed by atoms with E-state index >= 15 is 0 Å². The Morgan fingerprint density at radius 3 is 2.48 bits per heavy atom. The van der Waals surface area contributed by atoms with Crippen LogP contribution in [0.3, 0.4) is 0 Å². The van der Waals surface area contributed by atoms with Gasteiger partial charge in [-0.05, 0) is 30.3 Å². The summed E-state index contributed by atoms with van der Waals surface area (Å²) in [6, 6.07) is 14.9. The summed E-state index contributed by atoms with van der Waals surface area (Å²) in [5.74, 6) is 0. The number of aldehydes is 1. The van der Waals surface area contributed by atoms with E-state index in [9.17, 15) is 13.2 Å². The van der Waals surface area contributed by atoms with Crippen LogP contribution in [-0.2, 0) is 10.0 Å². The molecule has 0 spiro atoms. The molecule has 0 atom stereocenters. The molecular weight excluding hydrogens is 288 g/mol. The topological polar surface area (TPSA) is 79.0 Å². The smallest absolute Gasteiger partial charge is 0.261 e. The summed E-state index contributed by atoms with van der Waals surface area (Å²) in [7, 11) is -3.61. The standard InChI is InChI=1S/C15H12N2O3S/c18-10-13-8-11-6-7-12(9-15(11)16-13)17-21(19,20)14-4-2-1-3-5-14/h1-10,16-17H. The number of aromatic nitrogens is 1. The number of carbonyl (C=O) groups is 1. The first-order valence-electron chi connectivity index (χ1n) is 6.24. The number of benzene rings is 2. The number of nitrogens with one attached hydrogen (secondary N) is 2. The van der Waals surface area contributed by atoms with Crippen molar-refractivity contribution in [1.29, 1.82) is 0 Å². The zero-order valence-electron chi connectivity index (χ0n) is 10.9. The lowest BCUT2D eigenvalue weighted by atomic mass is 10.2. The third-order valence-corrected chi connectivity index (χ3v) is 4.47. The van der Waals surface area contributed by atoms with E-state index in [1.807, 2.05) is 0 Å². The molecular formula is C15H12N2O3S. The summed E-state index contributed by atoms with van der Waals surface area (Å²) >= 11 is 0. The number of carbonyl (C=O) groups excluding carboxylic acids is 1. The summed E-state index contributed by atoms with van der Waals surface area (Å²) in [5.41, 5.74) is 1.59. The molecule has 3 aromatic rings. The van der Waals surface area contributed by atoms with Crippen LogP contribution in [0.4, 0.5) is 5.69 Å². The van der Waals surface area contributed by atoms with Gasteiger partial charge in [-0.25, -0.2) is 8.42 Å². The summed E-state index contributed by atoms with van der Waals surface area (Å²) in [5, 5.41) is 0.847. The third kappa shape index (κ3) is 2.66. The van der Waals surface area contributed by atoms with Gasteiger partial charge in [-0.1, -0.05) is 24.3 Å². The lowest BCUT2D eigenvalue weighted by Gasteiger charge is -2.07. The predicted octanol–water partition coefficient (Wildman–Crippen LogP) is 2.78. The zero-order valence-corrected chi connectivity index (χ0v) is 11.7. The van der Waals surface area contributed by atoms with Gasteiger partial charge in [-0.15, -0.1) is 0 Å². The van der Waals surface area contributed by atoms with Crippen molar-refractivity contribution in [3.05, 3.63) is 60.3 Å². The molecule has 0 unspecified atom stereocenters. The molecule has 3 rings (SSSR count). The van der Waals surface area contributed by atoms with Crippen molar-refractivity contribution in [1.82, 2.24) is 4.98 Å². The molecule has 0 radical (unpaired) electrons. The third-order valence-electron chi connectivity index (χ3n) is 3.08. The minimum absolute atomic E-state index is 0.199. The van der Waals surface area contributed by atoms with Gasteiger partial charge in [0, 0.05) is 10.9 Å². The van der Waals surface area contributed by atoms with E-state index in [4.69, 9.17) is 0 Å². The lowest BCUT2D eigenvalue weighted by molar-refractivity contribution is 0.112. The number of anilines is 1. The summed E-state index contributed by atoms with van der Waals surface area (Å²) in [4.78, 5) is 13.8. The number of H-pyrrole nitrogens is 1. The number of aromatic amines is 1. The summed E-state index contributed by atoms with van der Waals surface area (Å²) in [6.45, 7) is 0. The minimum Gasteiger partial charge on any atom is -0.352 e. The van der Waals surface area contributed by atoms with Gasteiger partial charge < -0.3 is 4.98 Å². The second kappa shape index (κ2) is 5.06. The number of hydrogen-bond acceptors (Lipinski definition) is 3. The van der Waals surface area contributed by atoms with E-state index < -0.39 is 10.0 Å². The predicted molar refractivity (Wildman–Crippen MR) is 80.9 cm³/mol. The van der Waals surface area contributed by atoms with Crippen molar-refractivity contribution in [2.45, 2.75) is 4.90 Å². The fraction of sp³-hybridized carbons (Fsp3) is 0. The Balaban J connectivity index is 1.96. The van der Waals surface area contributed by atoms with Gasteiger partial charge >= 0.3 is 0 Å². The zero-order chi connectivity index (χ0) is 14.9. The molecule has 0 bridgehead atoms. The Hall–Kier alpha value is -2.60. The van der Waals surface area contributed by atoms with Crippen molar-refractivity contribution < 1.29 is 13.2 Å². The molecule has 0 aliphatic rings. The van der Waals surface area contributed by atoms with E-state index in [2.05, 4.69) is 9.71 Å². The van der Waals surface area contributed by atoms with E-state index in [0.717, 1.165) is 5.39 Å². The summed E-state index contributed by atoms with van der Waals surface area (Å²) < 4.78 is 27.0. The van der Waals surface area contributed by atoms with E-state index in [0.29, 0.717) is 23.2 Å². The largest absolute Gasteiger partial charge is 0.352 e. The van der Waals surface area contributed by atoms with Gasteiger partial charge in [-0.2, -0.15) is 0 Å². The molecule has 5 nitrogen and oxygen atoms in total. The average Bonchev–Trinajstić information content (AvgIpc) is 2.90. The molecule has 1 aromatic heterocycles. The molecule has 2 N–H and O–H groups in total. The first kappa shape index (κ1) is 13.4. The fourth-order valence-electron chi connectivity index (χ4n) is 2.09. The molecule has 21 heavy (non-hydrogen) atoms. The van der Waals surface area contributed by atoms with Crippen LogP contribution in [0.5, 0.6) is 0 Å². The van der Waals surface area contributed by atoms with Crippen molar-refractivity contribution in [3.8, 4) is 0 Å². The van der Waals surface area contributed by atoms with Crippen LogP contribution >= 0.6 is 0 Å². The van der Waals surface area contributed by atoms with Crippen LogP contribution < -0.4 is 4.72 Å². The van der Waals surface area contributed by atoms with Gasteiger partial charge in [0.05, 0.1) is 16.3 Å². The summed E-state index contributed by atoms with van der Waals surface area (Å²) in [6.07, 6.45) is 0.716. The highest BCUT2D eigenvalue weighted by Crippen LogP contribution is 2.22. The van der Waals surface area contributed by atoms with Gasteiger partial charge in [-0.3, -0.25) is 9.52 Å². The number of rotatable bonds is 4. The van der Waals surface area contributed by atoms with Crippen molar-refractivity contribution in [3.63, 3.8) is 0 Å². The molecule has 0 aliphatic heterocycles. The van der Waals surface area contributed by atoms with Crippen molar-refractivity contribution in [2.24, 2.45) is 0 Å². The van der Waals surface area contributed by atoms with E-state index in [1.165, 1.54) is 12.1 Å². The highest BCUT2D eigenvalue weighted by atomic mass is 32.2. The van der Waals surface area contributed by atoms with Crippen LogP contribution in [-0.4, -0.2) is 19.7 Å². The maximum atomic E-state index is 12.2. The number of fused-ring (bicyclic) bond motifs is 1. The van der Waals surface area contributed by atoms with Gasteiger partial charge in [0.15, 0.2) is 6.29 Å². The Labute approximate surface area is 121 Å². The SMILES string of the molecule is O=Cc1cc2ccc(NS(=O)(=O)c3ccccc3)cc2[nH]1. The number of hydrogen-bond donors (Lipinski definition) is 2. The molecule has 0 fully saturated rings. The first-order valence-corrected chi connectivity index (χ1v) is 7.73.